The highest BCUT2D eigenvalue weighted by molar-refractivity contribution is 4.83. The average molecular weight is 224 g/mol. The SMILES string of the molecule is CC1CCC(C(CC2CCCC2)NN)CC1. The number of hydrazine groups is 1. The highest BCUT2D eigenvalue weighted by Gasteiger charge is 2.28. The summed E-state index contributed by atoms with van der Waals surface area (Å²) in [5, 5.41) is 0. The second-order valence-electron chi connectivity index (χ2n) is 6.18. The standard InChI is InChI=1S/C14H28N2/c1-11-6-8-13(9-7-11)14(16-15)10-12-4-2-3-5-12/h11-14,16H,2-10,15H2,1H3. The van der Waals surface area contributed by atoms with Crippen LogP contribution < -0.4 is 11.3 Å². The summed E-state index contributed by atoms with van der Waals surface area (Å²) in [5.41, 5.74) is 3.11. The van der Waals surface area contributed by atoms with Crippen LogP contribution in [0.3, 0.4) is 0 Å². The van der Waals surface area contributed by atoms with E-state index in [-0.39, 0.29) is 0 Å². The smallest absolute Gasteiger partial charge is 0.0241 e. The third kappa shape index (κ3) is 3.21. The quantitative estimate of drug-likeness (QED) is 0.568. The van der Waals surface area contributed by atoms with E-state index in [1.54, 1.807) is 0 Å². The van der Waals surface area contributed by atoms with Crippen LogP contribution in [0.25, 0.3) is 0 Å². The van der Waals surface area contributed by atoms with Crippen molar-refractivity contribution < 1.29 is 0 Å². The zero-order chi connectivity index (χ0) is 11.4. The Morgan fingerprint density at radius 2 is 1.69 bits per heavy atom. The van der Waals surface area contributed by atoms with E-state index in [1.807, 2.05) is 0 Å². The second-order valence-corrected chi connectivity index (χ2v) is 6.18. The van der Waals surface area contributed by atoms with Gasteiger partial charge in [-0.05, 0) is 37.0 Å². The van der Waals surface area contributed by atoms with Gasteiger partial charge in [0.05, 0.1) is 0 Å². The molecule has 0 radical (unpaired) electrons. The van der Waals surface area contributed by atoms with Crippen molar-refractivity contribution in [2.45, 2.75) is 70.8 Å². The molecule has 0 spiro atoms. The van der Waals surface area contributed by atoms with Gasteiger partial charge in [0.25, 0.3) is 0 Å². The van der Waals surface area contributed by atoms with E-state index in [4.69, 9.17) is 5.84 Å². The van der Waals surface area contributed by atoms with E-state index in [9.17, 15) is 0 Å². The van der Waals surface area contributed by atoms with Crippen molar-refractivity contribution in [2.75, 3.05) is 0 Å². The van der Waals surface area contributed by atoms with Crippen LogP contribution in [0.2, 0.25) is 0 Å². The summed E-state index contributed by atoms with van der Waals surface area (Å²) in [5.74, 6) is 8.52. The summed E-state index contributed by atoms with van der Waals surface area (Å²) in [4.78, 5) is 0. The lowest BCUT2D eigenvalue weighted by molar-refractivity contribution is 0.206. The summed E-state index contributed by atoms with van der Waals surface area (Å²) < 4.78 is 0. The molecule has 0 heterocycles. The number of nitrogens with one attached hydrogen (secondary N) is 1. The minimum Gasteiger partial charge on any atom is -0.271 e. The van der Waals surface area contributed by atoms with E-state index in [0.29, 0.717) is 6.04 Å². The summed E-state index contributed by atoms with van der Waals surface area (Å²) in [7, 11) is 0. The lowest BCUT2D eigenvalue weighted by Gasteiger charge is -2.33. The summed E-state index contributed by atoms with van der Waals surface area (Å²) in [6.45, 7) is 2.39. The summed E-state index contributed by atoms with van der Waals surface area (Å²) in [6.07, 6.45) is 12.7. The van der Waals surface area contributed by atoms with E-state index in [2.05, 4.69) is 12.3 Å². The Morgan fingerprint density at radius 3 is 2.25 bits per heavy atom. The Kier molecular flexibility index (Phi) is 4.66. The van der Waals surface area contributed by atoms with Gasteiger partial charge in [-0.2, -0.15) is 0 Å². The van der Waals surface area contributed by atoms with Gasteiger partial charge in [-0.15, -0.1) is 0 Å². The molecule has 2 aliphatic carbocycles. The molecule has 94 valence electrons. The molecule has 0 aromatic rings. The van der Waals surface area contributed by atoms with Crippen LogP contribution in [0, 0.1) is 17.8 Å². The van der Waals surface area contributed by atoms with Gasteiger partial charge in [0.15, 0.2) is 0 Å². The van der Waals surface area contributed by atoms with Crippen LogP contribution >= 0.6 is 0 Å². The van der Waals surface area contributed by atoms with Crippen molar-refractivity contribution in [2.24, 2.45) is 23.6 Å². The molecule has 2 saturated carbocycles. The highest BCUT2D eigenvalue weighted by atomic mass is 15.2. The van der Waals surface area contributed by atoms with Gasteiger partial charge >= 0.3 is 0 Å². The number of hydrogen-bond donors (Lipinski definition) is 2. The highest BCUT2D eigenvalue weighted by Crippen LogP contribution is 2.35. The monoisotopic (exact) mass is 224 g/mol. The van der Waals surface area contributed by atoms with Crippen LogP contribution in [0.15, 0.2) is 0 Å². The van der Waals surface area contributed by atoms with Crippen molar-refractivity contribution in [3.63, 3.8) is 0 Å². The van der Waals surface area contributed by atoms with Gasteiger partial charge in [0.2, 0.25) is 0 Å². The number of nitrogens with two attached hydrogens (primary N) is 1. The first-order valence-electron chi connectivity index (χ1n) is 7.25. The molecule has 2 rings (SSSR count). The number of hydrogen-bond acceptors (Lipinski definition) is 2. The average Bonchev–Trinajstić information content (AvgIpc) is 2.80. The Morgan fingerprint density at radius 1 is 1.06 bits per heavy atom. The van der Waals surface area contributed by atoms with Crippen LogP contribution in [0.4, 0.5) is 0 Å². The zero-order valence-electron chi connectivity index (χ0n) is 10.8. The molecule has 3 N–H and O–H groups in total. The Bertz CT molecular complexity index is 191. The maximum Gasteiger partial charge on any atom is 0.0241 e. The third-order valence-corrected chi connectivity index (χ3v) is 4.91. The van der Waals surface area contributed by atoms with Crippen molar-refractivity contribution in [1.29, 1.82) is 0 Å². The molecule has 1 atom stereocenters. The fourth-order valence-electron chi connectivity index (χ4n) is 3.69. The molecule has 16 heavy (non-hydrogen) atoms. The van der Waals surface area contributed by atoms with E-state index >= 15 is 0 Å². The summed E-state index contributed by atoms with van der Waals surface area (Å²) in [6, 6.07) is 0.593. The Labute approximate surface area is 100 Å². The van der Waals surface area contributed by atoms with Gasteiger partial charge < -0.3 is 0 Å². The second kappa shape index (κ2) is 6.02. The molecule has 2 nitrogen and oxygen atoms in total. The topological polar surface area (TPSA) is 38.0 Å². The van der Waals surface area contributed by atoms with E-state index in [1.165, 1.54) is 57.8 Å². The minimum absolute atomic E-state index is 0.593. The first kappa shape index (κ1) is 12.4. The van der Waals surface area contributed by atoms with Crippen LogP contribution in [-0.2, 0) is 0 Å². The van der Waals surface area contributed by atoms with Gasteiger partial charge in [-0.3, -0.25) is 11.3 Å². The Balaban J connectivity index is 1.79. The third-order valence-electron chi connectivity index (χ3n) is 4.91. The van der Waals surface area contributed by atoms with E-state index < -0.39 is 0 Å². The van der Waals surface area contributed by atoms with Gasteiger partial charge in [-0.25, -0.2) is 0 Å². The Hall–Kier alpha value is -0.0800. The molecule has 1 unspecified atom stereocenters. The molecule has 2 heteroatoms. The fraction of sp³-hybridized carbons (Fsp3) is 1.00. The predicted octanol–water partition coefficient (Wildman–Crippen LogP) is 3.22. The fourth-order valence-corrected chi connectivity index (χ4v) is 3.69. The summed E-state index contributed by atoms with van der Waals surface area (Å²) >= 11 is 0. The van der Waals surface area contributed by atoms with Gasteiger partial charge in [0.1, 0.15) is 0 Å². The van der Waals surface area contributed by atoms with Crippen LogP contribution in [-0.4, -0.2) is 6.04 Å². The molecule has 0 amide bonds. The van der Waals surface area contributed by atoms with E-state index in [0.717, 1.165) is 17.8 Å². The first-order chi connectivity index (χ1) is 7.79. The maximum absolute atomic E-state index is 5.77. The molecule has 0 bridgehead atoms. The molecule has 0 aliphatic heterocycles. The predicted molar refractivity (Wildman–Crippen MR) is 68.8 cm³/mol. The van der Waals surface area contributed by atoms with Crippen molar-refractivity contribution in [3.8, 4) is 0 Å². The van der Waals surface area contributed by atoms with Crippen LogP contribution in [0.1, 0.15) is 64.7 Å². The maximum atomic E-state index is 5.77. The van der Waals surface area contributed by atoms with Crippen LogP contribution in [0.5, 0.6) is 0 Å². The number of rotatable bonds is 4. The molecule has 2 aliphatic rings. The first-order valence-corrected chi connectivity index (χ1v) is 7.25. The lowest BCUT2D eigenvalue weighted by atomic mass is 9.77. The largest absolute Gasteiger partial charge is 0.271 e. The van der Waals surface area contributed by atoms with Gasteiger partial charge in [0, 0.05) is 6.04 Å². The molecular formula is C14H28N2. The van der Waals surface area contributed by atoms with Gasteiger partial charge in [-0.1, -0.05) is 45.4 Å². The molecule has 0 saturated heterocycles. The lowest BCUT2D eigenvalue weighted by Crippen LogP contribution is -2.43. The van der Waals surface area contributed by atoms with Crippen molar-refractivity contribution in [3.05, 3.63) is 0 Å². The normalized spacial score (nSPS) is 34.1. The molecule has 0 aromatic carbocycles. The molecular weight excluding hydrogens is 196 g/mol. The zero-order valence-corrected chi connectivity index (χ0v) is 10.8. The minimum atomic E-state index is 0.593. The molecule has 0 aromatic heterocycles. The van der Waals surface area contributed by atoms with Crippen molar-refractivity contribution >= 4 is 0 Å². The molecule has 2 fully saturated rings. The van der Waals surface area contributed by atoms with Crippen molar-refractivity contribution in [1.82, 2.24) is 5.43 Å².